The number of piperidine rings is 1. The van der Waals surface area contributed by atoms with Crippen molar-refractivity contribution in [3.05, 3.63) is 0 Å². The van der Waals surface area contributed by atoms with Crippen molar-refractivity contribution in [1.82, 2.24) is 4.90 Å². The highest BCUT2D eigenvalue weighted by Gasteiger charge is 2.27. The van der Waals surface area contributed by atoms with Gasteiger partial charge in [0, 0.05) is 18.6 Å². The van der Waals surface area contributed by atoms with Gasteiger partial charge in [-0.2, -0.15) is 0 Å². The number of hydrogen-bond acceptors (Lipinski definition) is 1. The van der Waals surface area contributed by atoms with E-state index < -0.39 is 0 Å². The van der Waals surface area contributed by atoms with Crippen LogP contribution in [0.2, 0.25) is 0 Å². The predicted octanol–water partition coefficient (Wildman–Crippen LogP) is 3.30. The zero-order valence-electron chi connectivity index (χ0n) is 9.93. The summed E-state index contributed by atoms with van der Waals surface area (Å²) in [6.45, 7) is 13.0. The van der Waals surface area contributed by atoms with E-state index in [1.165, 1.54) is 25.8 Å². The monoisotopic (exact) mass is 183 g/mol. The molecule has 0 aromatic rings. The average molecular weight is 183 g/mol. The number of rotatable bonds is 1. The Hall–Kier alpha value is -0.0400. The van der Waals surface area contributed by atoms with Gasteiger partial charge in [0.1, 0.15) is 0 Å². The maximum Gasteiger partial charge on any atom is 0.00699 e. The third-order valence-corrected chi connectivity index (χ3v) is 3.03. The van der Waals surface area contributed by atoms with Crippen LogP contribution in [0.25, 0.3) is 0 Å². The summed E-state index contributed by atoms with van der Waals surface area (Å²) in [5.41, 5.74) is 0.444. The molecule has 1 aliphatic heterocycles. The van der Waals surface area contributed by atoms with Crippen LogP contribution in [0.5, 0.6) is 0 Å². The summed E-state index contributed by atoms with van der Waals surface area (Å²) in [7, 11) is 0. The summed E-state index contributed by atoms with van der Waals surface area (Å²) < 4.78 is 0. The molecule has 0 N–H and O–H groups in total. The van der Waals surface area contributed by atoms with Crippen molar-refractivity contribution < 1.29 is 0 Å². The molecule has 1 saturated heterocycles. The van der Waals surface area contributed by atoms with Crippen LogP contribution in [-0.4, -0.2) is 23.5 Å². The van der Waals surface area contributed by atoms with Gasteiger partial charge in [-0.1, -0.05) is 27.2 Å². The van der Waals surface area contributed by atoms with E-state index in [-0.39, 0.29) is 0 Å². The molecular formula is C12H25N. The van der Waals surface area contributed by atoms with Gasteiger partial charge in [-0.25, -0.2) is 0 Å². The molecular weight excluding hydrogens is 158 g/mol. The average Bonchev–Trinajstić information content (AvgIpc) is 1.95. The lowest BCUT2D eigenvalue weighted by Crippen LogP contribution is -2.47. The first-order valence-electron chi connectivity index (χ1n) is 5.66. The van der Waals surface area contributed by atoms with Crippen LogP contribution in [0.1, 0.15) is 53.9 Å². The van der Waals surface area contributed by atoms with E-state index in [1.807, 2.05) is 0 Å². The SMILES string of the molecule is C[C@@H]1CCC[C@H](C)N1CC(C)(C)C. The van der Waals surface area contributed by atoms with Crippen molar-refractivity contribution in [2.75, 3.05) is 6.54 Å². The van der Waals surface area contributed by atoms with E-state index in [0.717, 1.165) is 12.1 Å². The first-order valence-corrected chi connectivity index (χ1v) is 5.66. The van der Waals surface area contributed by atoms with Crippen LogP contribution in [0.4, 0.5) is 0 Å². The molecule has 0 unspecified atom stereocenters. The molecule has 0 aromatic carbocycles. The molecule has 1 heteroatoms. The Bertz CT molecular complexity index is 147. The van der Waals surface area contributed by atoms with Gasteiger partial charge in [0.05, 0.1) is 0 Å². The van der Waals surface area contributed by atoms with Crippen molar-refractivity contribution in [2.45, 2.75) is 66.0 Å². The molecule has 78 valence electrons. The lowest BCUT2D eigenvalue weighted by atomic mass is 9.90. The maximum absolute atomic E-state index is 2.68. The second kappa shape index (κ2) is 4.00. The summed E-state index contributed by atoms with van der Waals surface area (Å²) in [6, 6.07) is 1.59. The molecule has 0 bridgehead atoms. The van der Waals surface area contributed by atoms with Gasteiger partial charge in [-0.15, -0.1) is 0 Å². The van der Waals surface area contributed by atoms with E-state index in [0.29, 0.717) is 5.41 Å². The van der Waals surface area contributed by atoms with Gasteiger partial charge >= 0.3 is 0 Å². The van der Waals surface area contributed by atoms with Crippen LogP contribution in [0.3, 0.4) is 0 Å². The Balaban J connectivity index is 2.54. The van der Waals surface area contributed by atoms with E-state index in [9.17, 15) is 0 Å². The van der Waals surface area contributed by atoms with Crippen LogP contribution in [0, 0.1) is 5.41 Å². The smallest absolute Gasteiger partial charge is 0.00699 e. The molecule has 0 saturated carbocycles. The molecule has 13 heavy (non-hydrogen) atoms. The second-order valence-corrected chi connectivity index (χ2v) is 5.86. The predicted molar refractivity (Wildman–Crippen MR) is 58.9 cm³/mol. The topological polar surface area (TPSA) is 3.24 Å². The molecule has 1 heterocycles. The molecule has 0 spiro atoms. The van der Waals surface area contributed by atoms with Crippen molar-refractivity contribution in [2.24, 2.45) is 5.41 Å². The van der Waals surface area contributed by atoms with Crippen LogP contribution >= 0.6 is 0 Å². The van der Waals surface area contributed by atoms with Crippen LogP contribution in [-0.2, 0) is 0 Å². The third-order valence-electron chi connectivity index (χ3n) is 3.03. The minimum atomic E-state index is 0.444. The van der Waals surface area contributed by atoms with Gasteiger partial charge in [0.2, 0.25) is 0 Å². The molecule has 0 aliphatic carbocycles. The Morgan fingerprint density at radius 3 is 1.92 bits per heavy atom. The Kier molecular flexibility index (Phi) is 3.39. The Morgan fingerprint density at radius 2 is 1.54 bits per heavy atom. The minimum Gasteiger partial charge on any atom is -0.297 e. The second-order valence-electron chi connectivity index (χ2n) is 5.86. The fourth-order valence-electron chi connectivity index (χ4n) is 2.33. The first-order chi connectivity index (χ1) is 5.90. The van der Waals surface area contributed by atoms with Crippen LogP contribution in [0.15, 0.2) is 0 Å². The van der Waals surface area contributed by atoms with Gasteiger partial charge in [0.15, 0.2) is 0 Å². The number of hydrogen-bond donors (Lipinski definition) is 0. The van der Waals surface area contributed by atoms with E-state index in [2.05, 4.69) is 39.5 Å². The fourth-order valence-corrected chi connectivity index (χ4v) is 2.33. The van der Waals surface area contributed by atoms with Gasteiger partial charge in [-0.05, 0) is 32.1 Å². The highest BCUT2D eigenvalue weighted by molar-refractivity contribution is 4.82. The Labute approximate surface area is 83.5 Å². The van der Waals surface area contributed by atoms with Crippen LogP contribution < -0.4 is 0 Å². The van der Waals surface area contributed by atoms with Crippen molar-refractivity contribution in [1.29, 1.82) is 0 Å². The standard InChI is InChI=1S/C12H25N/c1-10-7-6-8-11(2)13(10)9-12(3,4)5/h10-11H,6-9H2,1-5H3/t10-,11+. The number of likely N-dealkylation sites (tertiary alicyclic amines) is 1. The van der Waals surface area contributed by atoms with Crippen molar-refractivity contribution >= 4 is 0 Å². The van der Waals surface area contributed by atoms with E-state index >= 15 is 0 Å². The lowest BCUT2D eigenvalue weighted by molar-refractivity contribution is 0.0663. The van der Waals surface area contributed by atoms with E-state index in [1.54, 1.807) is 0 Å². The van der Waals surface area contributed by atoms with Crippen molar-refractivity contribution in [3.8, 4) is 0 Å². The zero-order valence-corrected chi connectivity index (χ0v) is 9.93. The summed E-state index contributed by atoms with van der Waals surface area (Å²) in [6.07, 6.45) is 4.20. The van der Waals surface area contributed by atoms with Gasteiger partial charge < -0.3 is 0 Å². The largest absolute Gasteiger partial charge is 0.297 e. The quantitative estimate of drug-likeness (QED) is 0.603. The summed E-state index contributed by atoms with van der Waals surface area (Å²) in [5.74, 6) is 0. The maximum atomic E-state index is 2.68. The van der Waals surface area contributed by atoms with E-state index in [4.69, 9.17) is 0 Å². The highest BCUT2D eigenvalue weighted by atomic mass is 15.2. The molecule has 0 radical (unpaired) electrons. The van der Waals surface area contributed by atoms with Crippen molar-refractivity contribution in [3.63, 3.8) is 0 Å². The third kappa shape index (κ3) is 3.30. The Morgan fingerprint density at radius 1 is 1.08 bits per heavy atom. The highest BCUT2D eigenvalue weighted by Crippen LogP contribution is 2.26. The molecule has 0 amide bonds. The molecule has 1 fully saturated rings. The first kappa shape index (κ1) is 11.0. The molecule has 1 aliphatic rings. The molecule has 1 nitrogen and oxygen atoms in total. The molecule has 1 rings (SSSR count). The zero-order chi connectivity index (χ0) is 10.1. The summed E-state index contributed by atoms with van der Waals surface area (Å²) in [5, 5.41) is 0. The molecule has 0 aromatic heterocycles. The fraction of sp³-hybridized carbons (Fsp3) is 1.00. The summed E-state index contributed by atoms with van der Waals surface area (Å²) >= 11 is 0. The molecule has 2 atom stereocenters. The normalized spacial score (nSPS) is 32.1. The van der Waals surface area contributed by atoms with Gasteiger partial charge in [0.25, 0.3) is 0 Å². The number of nitrogens with zero attached hydrogens (tertiary/aromatic N) is 1. The minimum absolute atomic E-state index is 0.444. The summed E-state index contributed by atoms with van der Waals surface area (Å²) in [4.78, 5) is 2.68. The van der Waals surface area contributed by atoms with Gasteiger partial charge in [-0.3, -0.25) is 4.90 Å². The lowest BCUT2D eigenvalue weighted by Gasteiger charge is -2.42.